The number of nitrogens with zero attached hydrogens (tertiary/aromatic N) is 2. The number of hydrogen-bond donors (Lipinski definition) is 1. The van der Waals surface area contributed by atoms with Crippen LogP contribution in [0.3, 0.4) is 0 Å². The molecule has 1 unspecified atom stereocenters. The van der Waals surface area contributed by atoms with E-state index in [-0.39, 0.29) is 18.1 Å². The minimum atomic E-state index is -1.09. The van der Waals surface area contributed by atoms with Gasteiger partial charge >= 0.3 is 12.1 Å². The monoisotopic (exact) mass is 268 g/mol. The van der Waals surface area contributed by atoms with Crippen molar-refractivity contribution in [3.63, 3.8) is 0 Å². The molecular formula is C12H16N2O5. The number of carboxylic acid groups (broad SMARTS) is 1. The minimum absolute atomic E-state index is 0.162. The molecular weight excluding hydrogens is 252 g/mol. The molecule has 2 aliphatic rings. The van der Waals surface area contributed by atoms with Crippen LogP contribution in [0, 0.1) is 0 Å². The van der Waals surface area contributed by atoms with Crippen LogP contribution < -0.4 is 0 Å². The van der Waals surface area contributed by atoms with Crippen LogP contribution in [0.1, 0.15) is 19.8 Å². The summed E-state index contributed by atoms with van der Waals surface area (Å²) in [6, 6.07) is 0. The zero-order chi connectivity index (χ0) is 14.2. The van der Waals surface area contributed by atoms with E-state index < -0.39 is 17.6 Å². The second-order valence-electron chi connectivity index (χ2n) is 4.63. The largest absolute Gasteiger partial charge is 0.465 e. The van der Waals surface area contributed by atoms with E-state index in [2.05, 4.69) is 4.74 Å². The maximum Gasteiger partial charge on any atom is 0.408 e. The molecule has 7 nitrogen and oxygen atoms in total. The fraction of sp³-hybridized carbons (Fsp3) is 0.583. The molecule has 7 heteroatoms. The molecule has 104 valence electrons. The quantitative estimate of drug-likeness (QED) is 0.445. The summed E-state index contributed by atoms with van der Waals surface area (Å²) >= 11 is 0. The molecule has 1 spiro atoms. The Kier molecular flexibility index (Phi) is 3.21. The van der Waals surface area contributed by atoms with E-state index in [0.29, 0.717) is 19.4 Å². The average Bonchev–Trinajstić information content (AvgIpc) is 2.84. The number of hydrogen-bond acceptors (Lipinski definition) is 4. The van der Waals surface area contributed by atoms with Crippen molar-refractivity contribution in [2.75, 3.05) is 20.2 Å². The topological polar surface area (TPSA) is 87.2 Å². The van der Waals surface area contributed by atoms with E-state index in [1.807, 2.05) is 0 Å². The molecule has 0 aromatic carbocycles. The average molecular weight is 268 g/mol. The van der Waals surface area contributed by atoms with Gasteiger partial charge in [-0.25, -0.2) is 9.59 Å². The smallest absolute Gasteiger partial charge is 0.408 e. The van der Waals surface area contributed by atoms with Gasteiger partial charge in [0.05, 0.1) is 13.7 Å². The fourth-order valence-electron chi connectivity index (χ4n) is 2.79. The third-order valence-corrected chi connectivity index (χ3v) is 3.74. The molecule has 0 radical (unpaired) electrons. The highest BCUT2D eigenvalue weighted by Gasteiger charge is 2.61. The van der Waals surface area contributed by atoms with E-state index in [1.54, 1.807) is 6.92 Å². The van der Waals surface area contributed by atoms with Gasteiger partial charge in [-0.15, -0.1) is 0 Å². The van der Waals surface area contributed by atoms with Crippen molar-refractivity contribution in [2.24, 2.45) is 0 Å². The van der Waals surface area contributed by atoms with Gasteiger partial charge in [-0.1, -0.05) is 6.08 Å². The lowest BCUT2D eigenvalue weighted by Gasteiger charge is -2.50. The molecule has 2 rings (SSSR count). The molecule has 2 heterocycles. The van der Waals surface area contributed by atoms with E-state index in [1.165, 1.54) is 23.0 Å². The van der Waals surface area contributed by atoms with Crippen molar-refractivity contribution in [3.8, 4) is 0 Å². The third kappa shape index (κ3) is 1.76. The van der Waals surface area contributed by atoms with Gasteiger partial charge in [0.25, 0.3) is 5.91 Å². The van der Waals surface area contributed by atoms with Crippen molar-refractivity contribution in [1.82, 2.24) is 9.80 Å². The number of ether oxygens (including phenoxy) is 1. The fourth-order valence-corrected chi connectivity index (χ4v) is 2.79. The number of carbonyl (C=O) groups excluding carboxylic acids is 2. The highest BCUT2D eigenvalue weighted by molar-refractivity contribution is 6.02. The maximum absolute atomic E-state index is 12.3. The van der Waals surface area contributed by atoms with Crippen LogP contribution in [-0.2, 0) is 14.3 Å². The molecule has 2 aliphatic heterocycles. The lowest BCUT2D eigenvalue weighted by atomic mass is 9.85. The summed E-state index contributed by atoms with van der Waals surface area (Å²) in [5.41, 5.74) is -0.816. The lowest BCUT2D eigenvalue weighted by molar-refractivity contribution is -0.160. The first kappa shape index (κ1) is 13.4. The standard InChI is InChI=1S/C12H16N2O5/c1-3-8(9(15)19-2)13-7-12(10(13)16)5-4-6-14(12)11(17)18/h3H,4-7H2,1-2H3,(H,17,18). The second-order valence-corrected chi connectivity index (χ2v) is 4.63. The van der Waals surface area contributed by atoms with E-state index in [9.17, 15) is 14.4 Å². The normalized spacial score (nSPS) is 26.6. The Morgan fingerprint density at radius 1 is 1.47 bits per heavy atom. The highest BCUT2D eigenvalue weighted by Crippen LogP contribution is 2.40. The Bertz CT molecular complexity index is 473. The number of carbonyl (C=O) groups is 3. The summed E-state index contributed by atoms with van der Waals surface area (Å²) in [4.78, 5) is 37.4. The third-order valence-electron chi connectivity index (χ3n) is 3.74. The van der Waals surface area contributed by atoms with Crippen LogP contribution in [0.25, 0.3) is 0 Å². The van der Waals surface area contributed by atoms with Gasteiger partial charge in [-0.05, 0) is 19.8 Å². The summed E-state index contributed by atoms with van der Waals surface area (Å²) in [6.45, 7) is 2.21. The number of allylic oxidation sites excluding steroid dienone is 1. The summed E-state index contributed by atoms with van der Waals surface area (Å²) in [5.74, 6) is -0.934. The minimum Gasteiger partial charge on any atom is -0.465 e. The van der Waals surface area contributed by atoms with Crippen molar-refractivity contribution < 1.29 is 24.2 Å². The molecule has 0 bridgehead atoms. The van der Waals surface area contributed by atoms with Crippen LogP contribution >= 0.6 is 0 Å². The van der Waals surface area contributed by atoms with Gasteiger partial charge in [0.2, 0.25) is 0 Å². The molecule has 1 N–H and O–H groups in total. The molecule has 0 aromatic rings. The SMILES string of the molecule is CC=C(C(=O)OC)N1CC2(CCCN2C(=O)O)C1=O. The lowest BCUT2D eigenvalue weighted by Crippen LogP contribution is -2.72. The summed E-state index contributed by atoms with van der Waals surface area (Å²) in [7, 11) is 1.24. The Hall–Kier alpha value is -2.05. The second kappa shape index (κ2) is 4.56. The van der Waals surface area contributed by atoms with Crippen molar-refractivity contribution in [2.45, 2.75) is 25.3 Å². The molecule has 2 fully saturated rings. The molecule has 2 amide bonds. The summed E-state index contributed by atoms with van der Waals surface area (Å²) in [5, 5.41) is 9.12. The molecule has 0 aliphatic carbocycles. The number of esters is 1. The maximum atomic E-state index is 12.3. The van der Waals surface area contributed by atoms with E-state index >= 15 is 0 Å². The Morgan fingerprint density at radius 3 is 2.63 bits per heavy atom. The molecule has 2 saturated heterocycles. The Labute approximate surface area is 110 Å². The van der Waals surface area contributed by atoms with Crippen molar-refractivity contribution in [1.29, 1.82) is 0 Å². The number of methoxy groups -OCH3 is 1. The number of likely N-dealkylation sites (tertiary alicyclic amines) is 2. The predicted molar refractivity (Wildman–Crippen MR) is 64.2 cm³/mol. The zero-order valence-corrected chi connectivity index (χ0v) is 10.9. The Morgan fingerprint density at radius 2 is 2.16 bits per heavy atom. The van der Waals surface area contributed by atoms with Crippen LogP contribution in [0.2, 0.25) is 0 Å². The highest BCUT2D eigenvalue weighted by atomic mass is 16.5. The molecule has 1 atom stereocenters. The first-order valence-corrected chi connectivity index (χ1v) is 6.05. The van der Waals surface area contributed by atoms with Gasteiger partial charge in [-0.2, -0.15) is 0 Å². The van der Waals surface area contributed by atoms with Crippen LogP contribution in [0.4, 0.5) is 4.79 Å². The van der Waals surface area contributed by atoms with Gasteiger partial charge in [0.1, 0.15) is 11.2 Å². The molecule has 0 aromatic heterocycles. The van der Waals surface area contributed by atoms with Crippen LogP contribution in [-0.4, -0.2) is 58.6 Å². The van der Waals surface area contributed by atoms with Gasteiger partial charge in [0.15, 0.2) is 0 Å². The summed E-state index contributed by atoms with van der Waals surface area (Å²) in [6.07, 6.45) is 1.57. The first-order valence-electron chi connectivity index (χ1n) is 6.05. The van der Waals surface area contributed by atoms with Gasteiger partial charge in [-0.3, -0.25) is 9.69 Å². The van der Waals surface area contributed by atoms with Gasteiger partial charge in [0, 0.05) is 6.54 Å². The number of rotatable bonds is 2. The molecule has 19 heavy (non-hydrogen) atoms. The van der Waals surface area contributed by atoms with Crippen LogP contribution in [0.5, 0.6) is 0 Å². The number of amides is 2. The van der Waals surface area contributed by atoms with Crippen molar-refractivity contribution in [3.05, 3.63) is 11.8 Å². The van der Waals surface area contributed by atoms with E-state index in [0.717, 1.165) is 0 Å². The van der Waals surface area contributed by atoms with E-state index in [4.69, 9.17) is 5.11 Å². The number of β-lactam (4-membered cyclic amide) rings is 1. The summed E-state index contributed by atoms with van der Waals surface area (Å²) < 4.78 is 4.60. The van der Waals surface area contributed by atoms with Gasteiger partial charge < -0.3 is 14.7 Å². The first-order chi connectivity index (χ1) is 8.97. The van der Waals surface area contributed by atoms with Crippen molar-refractivity contribution >= 4 is 18.0 Å². The zero-order valence-electron chi connectivity index (χ0n) is 10.9. The predicted octanol–water partition coefficient (Wildman–Crippen LogP) is 0.418. The molecule has 0 saturated carbocycles. The Balaban J connectivity index is 2.19. The van der Waals surface area contributed by atoms with Crippen LogP contribution in [0.15, 0.2) is 11.8 Å².